The number of methoxy groups -OCH3 is 4. The van der Waals surface area contributed by atoms with Crippen LogP contribution in [0.2, 0.25) is 0 Å². The van der Waals surface area contributed by atoms with E-state index in [0.717, 1.165) is 73.1 Å². The number of amidine groups is 1. The molecule has 8 heteroatoms. The minimum atomic E-state index is 0.416. The predicted octanol–water partition coefficient (Wildman–Crippen LogP) is 10.3. The van der Waals surface area contributed by atoms with Crippen molar-refractivity contribution >= 4 is 37.8 Å². The number of halogens is 1. The van der Waals surface area contributed by atoms with Gasteiger partial charge < -0.3 is 24.7 Å². The van der Waals surface area contributed by atoms with Gasteiger partial charge in [-0.05, 0) is 53.6 Å². The van der Waals surface area contributed by atoms with Gasteiger partial charge in [0.25, 0.3) is 0 Å². The van der Waals surface area contributed by atoms with Crippen LogP contribution in [0.25, 0.3) is 16.7 Å². The summed E-state index contributed by atoms with van der Waals surface area (Å²) in [6.07, 6.45) is 3.79. The second kappa shape index (κ2) is 19.3. The van der Waals surface area contributed by atoms with E-state index in [9.17, 15) is 0 Å². The maximum absolute atomic E-state index is 6.66. The van der Waals surface area contributed by atoms with E-state index in [2.05, 4.69) is 76.3 Å². The van der Waals surface area contributed by atoms with Crippen LogP contribution in [0.1, 0.15) is 33.4 Å². The van der Waals surface area contributed by atoms with E-state index in [4.69, 9.17) is 29.7 Å². The fourth-order valence-corrected chi connectivity index (χ4v) is 5.80. The zero-order chi connectivity index (χ0) is 37.6. The number of hydrogen-bond acceptors (Lipinski definition) is 5. The van der Waals surface area contributed by atoms with Crippen molar-refractivity contribution in [2.75, 3.05) is 28.4 Å². The SMILES string of the molecule is COc1ccc([C-]=C(/C(=C(/c2ccc(OC)cc2)c2ccccc2N=C(N)c2ccccc2)c2ccc(OC)cc2)c2ccc(OC)cc2)cc1.[Cl][Pd+]. The molecule has 6 rings (SSSR count). The summed E-state index contributed by atoms with van der Waals surface area (Å²) >= 11 is 2.22. The van der Waals surface area contributed by atoms with Crippen LogP contribution in [-0.4, -0.2) is 34.3 Å². The third kappa shape index (κ3) is 9.65. The van der Waals surface area contributed by atoms with Gasteiger partial charge in [-0.1, -0.05) is 114 Å². The Hall–Kier alpha value is -5.58. The van der Waals surface area contributed by atoms with Gasteiger partial charge in [-0.2, -0.15) is 0 Å². The van der Waals surface area contributed by atoms with Gasteiger partial charge in [0.05, 0.1) is 34.1 Å². The van der Waals surface area contributed by atoms with Crippen molar-refractivity contribution in [2.45, 2.75) is 0 Å². The molecule has 0 aliphatic carbocycles. The van der Waals surface area contributed by atoms with Crippen LogP contribution >= 0.6 is 9.53 Å². The van der Waals surface area contributed by atoms with E-state index in [0.29, 0.717) is 11.5 Å². The topological polar surface area (TPSA) is 75.3 Å². The average Bonchev–Trinajstić information content (AvgIpc) is 3.24. The molecule has 6 aromatic carbocycles. The molecule has 0 heterocycles. The van der Waals surface area contributed by atoms with E-state index in [1.165, 1.54) is 0 Å². The first-order valence-corrected chi connectivity index (χ1v) is 18.6. The number of para-hydroxylation sites is 1. The Bertz CT molecular complexity index is 2160. The molecule has 0 bridgehead atoms. The van der Waals surface area contributed by atoms with Gasteiger partial charge in [0, 0.05) is 11.1 Å². The number of allylic oxidation sites excluding steroid dienone is 2. The van der Waals surface area contributed by atoms with Gasteiger partial charge in [0.1, 0.15) is 28.8 Å². The third-order valence-corrected chi connectivity index (χ3v) is 8.48. The van der Waals surface area contributed by atoms with Crippen molar-refractivity contribution in [3.63, 3.8) is 0 Å². The summed E-state index contributed by atoms with van der Waals surface area (Å²) in [7, 11) is 11.1. The zero-order valence-corrected chi connectivity index (χ0v) is 32.1. The van der Waals surface area contributed by atoms with Crippen LogP contribution in [0.15, 0.2) is 157 Å². The first-order chi connectivity index (χ1) is 26.0. The van der Waals surface area contributed by atoms with Crippen LogP contribution < -0.4 is 24.7 Å². The normalized spacial score (nSPS) is 11.8. The quantitative estimate of drug-likeness (QED) is 0.0333. The van der Waals surface area contributed by atoms with E-state index >= 15 is 0 Å². The predicted molar refractivity (Wildman–Crippen MR) is 213 cm³/mol. The van der Waals surface area contributed by atoms with E-state index in [1.807, 2.05) is 109 Å². The Kier molecular flexibility index (Phi) is 14.1. The molecule has 0 radical (unpaired) electrons. The van der Waals surface area contributed by atoms with E-state index < -0.39 is 0 Å². The minimum absolute atomic E-state index is 0.416. The summed E-state index contributed by atoms with van der Waals surface area (Å²) in [6, 6.07) is 49.9. The summed E-state index contributed by atoms with van der Waals surface area (Å²) in [6.45, 7) is 0. The first-order valence-electron chi connectivity index (χ1n) is 16.6. The number of benzene rings is 6. The molecule has 0 spiro atoms. The number of nitrogens with zero attached hydrogens (tertiary/aromatic N) is 1. The van der Waals surface area contributed by atoms with Gasteiger partial charge in [0.2, 0.25) is 0 Å². The van der Waals surface area contributed by atoms with Crippen LogP contribution in [0, 0.1) is 6.08 Å². The number of rotatable bonds is 12. The van der Waals surface area contributed by atoms with Gasteiger partial charge in [-0.3, -0.25) is 0 Å². The Morgan fingerprint density at radius 2 is 0.943 bits per heavy atom. The second-order valence-electron chi connectivity index (χ2n) is 11.5. The van der Waals surface area contributed by atoms with Gasteiger partial charge in [-0.15, -0.1) is 29.3 Å². The third-order valence-electron chi connectivity index (χ3n) is 8.48. The fraction of sp³-hybridized carbons (Fsp3) is 0.0889. The van der Waals surface area contributed by atoms with Gasteiger partial charge >= 0.3 is 27.7 Å². The Morgan fingerprint density at radius 1 is 0.509 bits per heavy atom. The van der Waals surface area contributed by atoms with E-state index in [-0.39, 0.29) is 0 Å². The molecule has 2 N–H and O–H groups in total. The second-order valence-corrected chi connectivity index (χ2v) is 11.5. The molecular weight excluding hydrogens is 774 g/mol. The Labute approximate surface area is 326 Å². The maximum atomic E-state index is 6.66. The van der Waals surface area contributed by atoms with Crippen molar-refractivity contribution in [1.82, 2.24) is 0 Å². The van der Waals surface area contributed by atoms with Crippen molar-refractivity contribution in [2.24, 2.45) is 10.7 Å². The Balaban J connectivity index is 0.00000266. The standard InChI is InChI=1S/C45H39N2O4.ClH.Pd/c1-48-36-22-14-31(15-23-36)30-41(32-16-24-37(49-2)25-17-32)44(34-20-28-39(51-4)29-21-34)43(33-18-26-38(50-3)27-19-33)40-12-8-9-13-42(40)47-45(46)35-10-6-5-7-11-35;;/h5-29H,1-4H3,(H2,46,47);1H;/q-1;;+2/p-1/b44-43-;;. The summed E-state index contributed by atoms with van der Waals surface area (Å²) in [5, 5.41) is 0. The molecule has 270 valence electrons. The summed E-state index contributed by atoms with van der Waals surface area (Å²) in [5.41, 5.74) is 15.5. The van der Waals surface area contributed by atoms with Crippen molar-refractivity contribution < 1.29 is 37.1 Å². The van der Waals surface area contributed by atoms with Crippen LogP contribution in [0.4, 0.5) is 5.69 Å². The molecule has 0 atom stereocenters. The zero-order valence-electron chi connectivity index (χ0n) is 29.8. The first kappa shape index (κ1) is 38.6. The van der Waals surface area contributed by atoms with Crippen LogP contribution in [0.3, 0.4) is 0 Å². The molecular formula is C45H39ClN2O4Pd. The van der Waals surface area contributed by atoms with Crippen molar-refractivity contribution in [3.8, 4) is 23.0 Å². The Morgan fingerprint density at radius 3 is 1.45 bits per heavy atom. The van der Waals surface area contributed by atoms with Gasteiger partial charge in [0.15, 0.2) is 0 Å². The van der Waals surface area contributed by atoms with Crippen LogP contribution in [-0.2, 0) is 18.2 Å². The number of ether oxygens (including phenoxy) is 4. The summed E-state index contributed by atoms with van der Waals surface area (Å²) < 4.78 is 22.2. The molecule has 0 aliphatic rings. The van der Waals surface area contributed by atoms with Crippen LogP contribution in [0.5, 0.6) is 23.0 Å². The molecule has 6 nitrogen and oxygen atoms in total. The fourth-order valence-electron chi connectivity index (χ4n) is 5.80. The van der Waals surface area contributed by atoms with Gasteiger partial charge in [-0.25, -0.2) is 4.99 Å². The average molecular weight is 814 g/mol. The molecule has 0 saturated heterocycles. The molecule has 0 saturated carbocycles. The summed E-state index contributed by atoms with van der Waals surface area (Å²) in [5.74, 6) is 3.43. The monoisotopic (exact) mass is 812 g/mol. The van der Waals surface area contributed by atoms with Crippen molar-refractivity contribution in [3.05, 3.63) is 191 Å². The number of aliphatic imine (C=N–C) groups is 1. The molecule has 6 aromatic rings. The summed E-state index contributed by atoms with van der Waals surface area (Å²) in [4.78, 5) is 5.03. The molecule has 0 aliphatic heterocycles. The molecule has 0 unspecified atom stereocenters. The number of hydrogen-bond donors (Lipinski definition) is 1. The van der Waals surface area contributed by atoms with E-state index in [1.54, 1.807) is 28.4 Å². The molecule has 0 amide bonds. The number of nitrogens with two attached hydrogens (primary N) is 1. The molecule has 53 heavy (non-hydrogen) atoms. The molecule has 0 fully saturated rings. The molecule has 0 aromatic heterocycles. The van der Waals surface area contributed by atoms with Crippen molar-refractivity contribution in [1.29, 1.82) is 0 Å².